The summed E-state index contributed by atoms with van der Waals surface area (Å²) in [6.07, 6.45) is 3.33. The van der Waals surface area contributed by atoms with Gasteiger partial charge in [0.1, 0.15) is 6.61 Å². The quantitative estimate of drug-likeness (QED) is 0.248. The number of aryl methyl sites for hydroxylation is 1. The molecule has 0 aromatic heterocycles. The van der Waals surface area contributed by atoms with E-state index in [1.54, 1.807) is 12.2 Å². The van der Waals surface area contributed by atoms with Crippen LogP contribution in [-0.2, 0) is 6.61 Å². The van der Waals surface area contributed by atoms with E-state index in [9.17, 15) is 4.79 Å². The van der Waals surface area contributed by atoms with Crippen LogP contribution in [0.3, 0.4) is 0 Å². The SMILES string of the molecule is CCOc1cc(/C=C/C(=O)c2ccc(C)cc2)cc(Br)c1OCc1ccccc1Cl. The van der Waals surface area contributed by atoms with Crippen molar-refractivity contribution < 1.29 is 14.3 Å². The number of benzene rings is 3. The molecule has 30 heavy (non-hydrogen) atoms. The fourth-order valence-corrected chi connectivity index (χ4v) is 3.60. The summed E-state index contributed by atoms with van der Waals surface area (Å²) in [6, 6.07) is 18.8. The molecule has 0 heterocycles. The first-order valence-corrected chi connectivity index (χ1v) is 10.8. The molecule has 154 valence electrons. The number of halogens is 2. The van der Waals surface area contributed by atoms with Crippen molar-refractivity contribution in [3.63, 3.8) is 0 Å². The molecule has 0 aliphatic heterocycles. The number of ether oxygens (including phenoxy) is 2. The molecular formula is C25H22BrClO3. The molecule has 0 N–H and O–H groups in total. The third kappa shape index (κ3) is 5.74. The van der Waals surface area contributed by atoms with Gasteiger partial charge in [-0.05, 0) is 59.6 Å². The van der Waals surface area contributed by atoms with Crippen molar-refractivity contribution in [2.45, 2.75) is 20.5 Å². The molecule has 0 saturated heterocycles. The third-order valence-corrected chi connectivity index (χ3v) is 5.38. The number of carbonyl (C=O) groups is 1. The summed E-state index contributed by atoms with van der Waals surface area (Å²) in [4.78, 5) is 12.4. The minimum absolute atomic E-state index is 0.0527. The van der Waals surface area contributed by atoms with Crippen molar-refractivity contribution >= 4 is 39.4 Å². The third-order valence-electron chi connectivity index (χ3n) is 4.42. The Morgan fingerprint density at radius 2 is 1.80 bits per heavy atom. The average Bonchev–Trinajstić information content (AvgIpc) is 2.73. The van der Waals surface area contributed by atoms with Crippen LogP contribution in [-0.4, -0.2) is 12.4 Å². The zero-order valence-electron chi connectivity index (χ0n) is 16.8. The molecule has 3 aromatic carbocycles. The van der Waals surface area contributed by atoms with Crippen molar-refractivity contribution in [2.24, 2.45) is 0 Å². The normalized spacial score (nSPS) is 10.9. The molecule has 0 saturated carbocycles. The van der Waals surface area contributed by atoms with E-state index in [1.807, 2.05) is 74.5 Å². The highest BCUT2D eigenvalue weighted by molar-refractivity contribution is 9.10. The largest absolute Gasteiger partial charge is 0.490 e. The van der Waals surface area contributed by atoms with Crippen molar-refractivity contribution in [3.8, 4) is 11.5 Å². The van der Waals surface area contributed by atoms with Gasteiger partial charge < -0.3 is 9.47 Å². The van der Waals surface area contributed by atoms with E-state index in [0.717, 1.165) is 21.2 Å². The second kappa shape index (κ2) is 10.5. The van der Waals surface area contributed by atoms with Crippen LogP contribution in [0.4, 0.5) is 0 Å². The lowest BCUT2D eigenvalue weighted by atomic mass is 10.1. The highest BCUT2D eigenvalue weighted by Gasteiger charge is 2.13. The molecule has 3 nitrogen and oxygen atoms in total. The van der Waals surface area contributed by atoms with Gasteiger partial charge in [0.2, 0.25) is 0 Å². The van der Waals surface area contributed by atoms with Crippen LogP contribution >= 0.6 is 27.5 Å². The zero-order valence-corrected chi connectivity index (χ0v) is 19.2. The number of hydrogen-bond donors (Lipinski definition) is 0. The standard InChI is InChI=1S/C25H22BrClO3/c1-3-29-24-15-18(10-13-23(28)19-11-8-17(2)9-12-19)14-21(26)25(24)30-16-20-6-4-5-7-22(20)27/h4-15H,3,16H2,1-2H3/b13-10+. The summed E-state index contributed by atoms with van der Waals surface area (Å²) in [5, 5.41) is 0.653. The molecule has 0 spiro atoms. The van der Waals surface area contributed by atoms with Gasteiger partial charge in [0, 0.05) is 16.1 Å². The molecule has 5 heteroatoms. The maximum atomic E-state index is 12.4. The number of rotatable bonds is 8. The fourth-order valence-electron chi connectivity index (χ4n) is 2.84. The maximum Gasteiger partial charge on any atom is 0.185 e. The monoisotopic (exact) mass is 484 g/mol. The molecule has 0 amide bonds. The van der Waals surface area contributed by atoms with E-state index < -0.39 is 0 Å². The molecule has 3 rings (SSSR count). The van der Waals surface area contributed by atoms with Crippen molar-refractivity contribution in [2.75, 3.05) is 6.61 Å². The summed E-state index contributed by atoms with van der Waals surface area (Å²) in [6.45, 7) is 4.71. The van der Waals surface area contributed by atoms with Crippen LogP contribution in [0.15, 0.2) is 71.2 Å². The Morgan fingerprint density at radius 1 is 1.07 bits per heavy atom. The van der Waals surface area contributed by atoms with Crippen LogP contribution in [0.25, 0.3) is 6.08 Å². The fraction of sp³-hybridized carbons (Fsp3) is 0.160. The topological polar surface area (TPSA) is 35.5 Å². The second-order valence-corrected chi connectivity index (χ2v) is 7.97. The van der Waals surface area contributed by atoms with E-state index >= 15 is 0 Å². The lowest BCUT2D eigenvalue weighted by molar-refractivity contribution is 0.104. The van der Waals surface area contributed by atoms with Crippen molar-refractivity contribution in [3.05, 3.63) is 98.5 Å². The van der Waals surface area contributed by atoms with Crippen molar-refractivity contribution in [1.82, 2.24) is 0 Å². The Morgan fingerprint density at radius 3 is 2.50 bits per heavy atom. The first-order chi connectivity index (χ1) is 14.5. The van der Waals surface area contributed by atoms with Crippen molar-refractivity contribution in [1.29, 1.82) is 0 Å². The van der Waals surface area contributed by atoms with E-state index in [4.69, 9.17) is 21.1 Å². The molecule has 0 aliphatic carbocycles. The highest BCUT2D eigenvalue weighted by atomic mass is 79.9. The van der Waals surface area contributed by atoms with E-state index in [0.29, 0.717) is 35.3 Å². The Labute approximate surface area is 190 Å². The summed E-state index contributed by atoms with van der Waals surface area (Å²) < 4.78 is 12.5. The Balaban J connectivity index is 1.80. The molecule has 0 bridgehead atoms. The molecule has 3 aromatic rings. The van der Waals surface area contributed by atoms with Gasteiger partial charge in [0.05, 0.1) is 11.1 Å². The highest BCUT2D eigenvalue weighted by Crippen LogP contribution is 2.38. The van der Waals surface area contributed by atoms with Gasteiger partial charge in [0.25, 0.3) is 0 Å². The predicted molar refractivity (Wildman–Crippen MR) is 126 cm³/mol. The summed E-state index contributed by atoms with van der Waals surface area (Å²) in [5.41, 5.74) is 3.49. The van der Waals surface area contributed by atoms with E-state index in [2.05, 4.69) is 15.9 Å². The Hall–Kier alpha value is -2.56. The number of hydrogen-bond acceptors (Lipinski definition) is 3. The van der Waals surface area contributed by atoms with Gasteiger partial charge in [-0.25, -0.2) is 0 Å². The van der Waals surface area contributed by atoms with Gasteiger partial charge in [-0.3, -0.25) is 4.79 Å². The number of allylic oxidation sites excluding steroid dienone is 1. The van der Waals surface area contributed by atoms with Gasteiger partial charge in [-0.15, -0.1) is 0 Å². The van der Waals surface area contributed by atoms with E-state index in [-0.39, 0.29) is 5.78 Å². The number of ketones is 1. The van der Waals surface area contributed by atoms with Crippen LogP contribution in [0, 0.1) is 6.92 Å². The molecule has 0 radical (unpaired) electrons. The summed E-state index contributed by atoms with van der Waals surface area (Å²) in [7, 11) is 0. The van der Waals surface area contributed by atoms with E-state index in [1.165, 1.54) is 0 Å². The Kier molecular flexibility index (Phi) is 7.72. The predicted octanol–water partition coefficient (Wildman–Crippen LogP) is 7.28. The maximum absolute atomic E-state index is 12.4. The molecule has 0 aliphatic rings. The first kappa shape index (κ1) is 22.1. The molecular weight excluding hydrogens is 464 g/mol. The zero-order chi connectivity index (χ0) is 21.5. The first-order valence-electron chi connectivity index (χ1n) is 9.59. The summed E-state index contributed by atoms with van der Waals surface area (Å²) >= 11 is 9.79. The lowest BCUT2D eigenvalue weighted by Crippen LogP contribution is -2.01. The smallest absolute Gasteiger partial charge is 0.185 e. The van der Waals surface area contributed by atoms with Gasteiger partial charge in [0.15, 0.2) is 17.3 Å². The molecule has 0 unspecified atom stereocenters. The van der Waals surface area contributed by atoms with Gasteiger partial charge >= 0.3 is 0 Å². The van der Waals surface area contributed by atoms with Crippen LogP contribution in [0.1, 0.15) is 34.0 Å². The summed E-state index contributed by atoms with van der Waals surface area (Å²) in [5.74, 6) is 1.14. The van der Waals surface area contributed by atoms with Gasteiger partial charge in [-0.2, -0.15) is 0 Å². The minimum atomic E-state index is -0.0527. The number of carbonyl (C=O) groups excluding carboxylic acids is 1. The average molecular weight is 486 g/mol. The molecule has 0 fully saturated rings. The minimum Gasteiger partial charge on any atom is -0.490 e. The lowest BCUT2D eigenvalue weighted by Gasteiger charge is -2.15. The second-order valence-electron chi connectivity index (χ2n) is 6.71. The van der Waals surface area contributed by atoms with Crippen LogP contribution in [0.2, 0.25) is 5.02 Å². The van der Waals surface area contributed by atoms with Gasteiger partial charge in [-0.1, -0.05) is 65.7 Å². The van der Waals surface area contributed by atoms with Crippen LogP contribution < -0.4 is 9.47 Å². The van der Waals surface area contributed by atoms with Crippen LogP contribution in [0.5, 0.6) is 11.5 Å². The molecule has 0 atom stereocenters. The Bertz CT molecular complexity index is 1060.